The minimum atomic E-state index is -0.916. The lowest BCUT2D eigenvalue weighted by Crippen LogP contribution is -2.55. The van der Waals surface area contributed by atoms with E-state index in [1.807, 2.05) is 37.3 Å². The smallest absolute Gasteiger partial charge is 0.328 e. The standard InChI is InChI=1S/C15H21NO2/c1-2-11-15(14(17)18,16-13-9-6-10-13)12-7-4-3-5-8-12/h3-5,7-8,13,16H,2,6,9-11H2,1H3,(H,17,18). The van der Waals surface area contributed by atoms with Crippen molar-refractivity contribution in [2.75, 3.05) is 0 Å². The number of hydrogen-bond donors (Lipinski definition) is 2. The Hall–Kier alpha value is -1.35. The van der Waals surface area contributed by atoms with Gasteiger partial charge in [0.1, 0.15) is 5.54 Å². The van der Waals surface area contributed by atoms with E-state index in [0.29, 0.717) is 12.5 Å². The zero-order valence-corrected chi connectivity index (χ0v) is 10.9. The van der Waals surface area contributed by atoms with Gasteiger partial charge in [-0.2, -0.15) is 0 Å². The maximum absolute atomic E-state index is 11.8. The number of hydrogen-bond acceptors (Lipinski definition) is 2. The topological polar surface area (TPSA) is 49.3 Å². The summed E-state index contributed by atoms with van der Waals surface area (Å²) < 4.78 is 0. The summed E-state index contributed by atoms with van der Waals surface area (Å²) in [4.78, 5) is 11.8. The summed E-state index contributed by atoms with van der Waals surface area (Å²) in [7, 11) is 0. The lowest BCUT2D eigenvalue weighted by atomic mass is 9.82. The lowest BCUT2D eigenvalue weighted by molar-refractivity contribution is -0.146. The molecule has 0 bridgehead atoms. The van der Waals surface area contributed by atoms with Crippen molar-refractivity contribution in [2.24, 2.45) is 0 Å². The Morgan fingerprint density at radius 2 is 2.06 bits per heavy atom. The molecule has 3 heteroatoms. The van der Waals surface area contributed by atoms with Crippen LogP contribution in [-0.2, 0) is 10.3 Å². The third kappa shape index (κ3) is 2.41. The molecule has 1 atom stereocenters. The molecule has 0 heterocycles. The van der Waals surface area contributed by atoms with E-state index in [0.717, 1.165) is 24.8 Å². The second kappa shape index (κ2) is 5.53. The molecule has 98 valence electrons. The second-order valence-electron chi connectivity index (χ2n) is 5.10. The maximum atomic E-state index is 11.8. The molecule has 0 radical (unpaired) electrons. The average Bonchev–Trinajstić information content (AvgIpc) is 2.33. The molecule has 1 aromatic carbocycles. The van der Waals surface area contributed by atoms with E-state index in [1.54, 1.807) is 0 Å². The van der Waals surface area contributed by atoms with Crippen LogP contribution in [0.5, 0.6) is 0 Å². The second-order valence-corrected chi connectivity index (χ2v) is 5.10. The number of nitrogens with one attached hydrogen (secondary N) is 1. The van der Waals surface area contributed by atoms with E-state index in [9.17, 15) is 9.90 Å². The van der Waals surface area contributed by atoms with Gasteiger partial charge in [-0.05, 0) is 24.8 Å². The van der Waals surface area contributed by atoms with E-state index in [2.05, 4.69) is 5.32 Å². The van der Waals surface area contributed by atoms with Crippen molar-refractivity contribution in [3.05, 3.63) is 35.9 Å². The molecule has 1 aromatic rings. The van der Waals surface area contributed by atoms with Gasteiger partial charge in [-0.1, -0.05) is 50.1 Å². The minimum absolute atomic E-state index is 0.354. The third-order valence-electron chi connectivity index (χ3n) is 3.81. The van der Waals surface area contributed by atoms with Gasteiger partial charge in [0.05, 0.1) is 0 Å². The first-order chi connectivity index (χ1) is 8.69. The maximum Gasteiger partial charge on any atom is 0.328 e. The van der Waals surface area contributed by atoms with E-state index in [-0.39, 0.29) is 0 Å². The summed E-state index contributed by atoms with van der Waals surface area (Å²) >= 11 is 0. The van der Waals surface area contributed by atoms with Crippen molar-refractivity contribution < 1.29 is 9.90 Å². The van der Waals surface area contributed by atoms with Gasteiger partial charge in [0, 0.05) is 6.04 Å². The highest BCUT2D eigenvalue weighted by Gasteiger charge is 2.41. The molecule has 2 N–H and O–H groups in total. The van der Waals surface area contributed by atoms with Crippen molar-refractivity contribution in [1.82, 2.24) is 5.32 Å². The molecule has 2 rings (SSSR count). The first-order valence-electron chi connectivity index (χ1n) is 6.75. The highest BCUT2D eigenvalue weighted by Crippen LogP contribution is 2.31. The Balaban J connectivity index is 2.32. The van der Waals surface area contributed by atoms with Crippen molar-refractivity contribution in [2.45, 2.75) is 50.6 Å². The van der Waals surface area contributed by atoms with Crippen molar-refractivity contribution >= 4 is 5.97 Å². The van der Waals surface area contributed by atoms with Crippen LogP contribution in [-0.4, -0.2) is 17.1 Å². The third-order valence-corrected chi connectivity index (χ3v) is 3.81. The SMILES string of the molecule is CCCC(NC1CCC1)(C(=O)O)c1ccccc1. The minimum Gasteiger partial charge on any atom is -0.480 e. The van der Waals surface area contributed by atoms with Crippen LogP contribution in [0.1, 0.15) is 44.6 Å². The predicted octanol–water partition coefficient (Wildman–Crippen LogP) is 2.91. The molecule has 0 saturated heterocycles. The summed E-state index contributed by atoms with van der Waals surface area (Å²) in [6.07, 6.45) is 4.86. The van der Waals surface area contributed by atoms with Gasteiger partial charge in [0.2, 0.25) is 0 Å². The van der Waals surface area contributed by atoms with Crippen LogP contribution in [0.25, 0.3) is 0 Å². The van der Waals surface area contributed by atoms with E-state index < -0.39 is 11.5 Å². The van der Waals surface area contributed by atoms with Crippen molar-refractivity contribution in [1.29, 1.82) is 0 Å². The van der Waals surface area contributed by atoms with E-state index in [1.165, 1.54) is 6.42 Å². The van der Waals surface area contributed by atoms with Crippen LogP contribution in [0.15, 0.2) is 30.3 Å². The number of benzene rings is 1. The monoisotopic (exact) mass is 247 g/mol. The van der Waals surface area contributed by atoms with Crippen molar-refractivity contribution in [3.8, 4) is 0 Å². The van der Waals surface area contributed by atoms with E-state index >= 15 is 0 Å². The molecule has 1 unspecified atom stereocenters. The number of rotatable bonds is 6. The Bertz CT molecular complexity index is 400. The summed E-state index contributed by atoms with van der Waals surface area (Å²) in [6.45, 7) is 2.03. The predicted molar refractivity (Wildman–Crippen MR) is 71.4 cm³/mol. The number of aliphatic carboxylic acids is 1. The zero-order valence-electron chi connectivity index (χ0n) is 10.9. The lowest BCUT2D eigenvalue weighted by Gasteiger charge is -2.38. The summed E-state index contributed by atoms with van der Waals surface area (Å²) in [5.74, 6) is -0.762. The molecular formula is C15H21NO2. The first kappa shape index (κ1) is 13.1. The van der Waals surface area contributed by atoms with Gasteiger partial charge in [-0.25, -0.2) is 4.79 Å². The van der Waals surface area contributed by atoms with E-state index in [4.69, 9.17) is 0 Å². The first-order valence-corrected chi connectivity index (χ1v) is 6.75. The van der Waals surface area contributed by atoms with Gasteiger partial charge in [-0.3, -0.25) is 5.32 Å². The average molecular weight is 247 g/mol. The molecule has 18 heavy (non-hydrogen) atoms. The van der Waals surface area contributed by atoms with Crippen LogP contribution in [0.4, 0.5) is 0 Å². The molecular weight excluding hydrogens is 226 g/mol. The summed E-state index contributed by atoms with van der Waals surface area (Å²) in [6, 6.07) is 9.92. The van der Waals surface area contributed by atoms with Crippen molar-refractivity contribution in [3.63, 3.8) is 0 Å². The van der Waals surface area contributed by atoms with Crippen LogP contribution in [0.3, 0.4) is 0 Å². The molecule has 0 aliphatic heterocycles. The normalized spacial score (nSPS) is 18.9. The van der Waals surface area contributed by atoms with Crippen LogP contribution < -0.4 is 5.32 Å². The zero-order chi connectivity index (χ0) is 13.0. The van der Waals surface area contributed by atoms with Crippen LogP contribution in [0, 0.1) is 0 Å². The molecule has 0 spiro atoms. The van der Waals surface area contributed by atoms with Gasteiger partial charge >= 0.3 is 5.97 Å². The molecule has 1 fully saturated rings. The number of carboxylic acids is 1. The quantitative estimate of drug-likeness (QED) is 0.812. The Kier molecular flexibility index (Phi) is 4.02. The largest absolute Gasteiger partial charge is 0.480 e. The summed E-state index contributed by atoms with van der Waals surface area (Å²) in [5, 5.41) is 13.1. The molecule has 0 amide bonds. The van der Waals surface area contributed by atoms with Crippen LogP contribution >= 0.6 is 0 Å². The fraction of sp³-hybridized carbons (Fsp3) is 0.533. The van der Waals surface area contributed by atoms with Gasteiger partial charge in [0.15, 0.2) is 0 Å². The molecule has 0 aromatic heterocycles. The fourth-order valence-corrected chi connectivity index (χ4v) is 2.59. The van der Waals surface area contributed by atoms with Gasteiger partial charge in [-0.15, -0.1) is 0 Å². The van der Waals surface area contributed by atoms with Gasteiger partial charge < -0.3 is 5.11 Å². The summed E-state index contributed by atoms with van der Waals surface area (Å²) in [5.41, 5.74) is -0.0487. The Labute approximate surface area is 108 Å². The van der Waals surface area contributed by atoms with Gasteiger partial charge in [0.25, 0.3) is 0 Å². The Morgan fingerprint density at radius 1 is 1.39 bits per heavy atom. The molecule has 3 nitrogen and oxygen atoms in total. The Morgan fingerprint density at radius 3 is 2.50 bits per heavy atom. The molecule has 1 aliphatic carbocycles. The highest BCUT2D eigenvalue weighted by atomic mass is 16.4. The van der Waals surface area contributed by atoms with Crippen LogP contribution in [0.2, 0.25) is 0 Å². The number of carbonyl (C=O) groups is 1. The number of carboxylic acid groups (broad SMARTS) is 1. The highest BCUT2D eigenvalue weighted by molar-refractivity contribution is 5.80. The fourth-order valence-electron chi connectivity index (χ4n) is 2.59. The molecule has 1 aliphatic rings. The molecule has 1 saturated carbocycles.